The number of hydrogen-bond donors (Lipinski definition) is 2. The van der Waals surface area contributed by atoms with E-state index in [9.17, 15) is 9.59 Å². The molecule has 0 radical (unpaired) electrons. The zero-order chi connectivity index (χ0) is 15.5. The normalized spacial score (nSPS) is 16.2. The second-order valence-electron chi connectivity index (χ2n) is 5.07. The third-order valence-corrected chi connectivity index (χ3v) is 4.61. The van der Waals surface area contributed by atoms with Gasteiger partial charge in [-0.05, 0) is 23.1 Å². The van der Waals surface area contributed by atoms with Gasteiger partial charge in [-0.15, -0.1) is 11.3 Å². The van der Waals surface area contributed by atoms with Crippen LogP contribution in [-0.4, -0.2) is 25.0 Å². The number of hydrogen-bond acceptors (Lipinski definition) is 3. The summed E-state index contributed by atoms with van der Waals surface area (Å²) in [4.78, 5) is 27.3. The number of rotatable bonds is 3. The molecular formula is C16H17N3O2S. The lowest BCUT2D eigenvalue weighted by atomic mass is 10.1. The predicted molar refractivity (Wildman–Crippen MR) is 87.0 cm³/mol. The summed E-state index contributed by atoms with van der Waals surface area (Å²) in [5, 5.41) is 7.50. The van der Waals surface area contributed by atoms with Crippen molar-refractivity contribution in [1.82, 2.24) is 10.6 Å². The molecule has 0 spiro atoms. The molecule has 5 nitrogen and oxygen atoms in total. The Morgan fingerprint density at radius 3 is 2.82 bits per heavy atom. The van der Waals surface area contributed by atoms with Crippen molar-refractivity contribution in [1.29, 1.82) is 0 Å². The van der Waals surface area contributed by atoms with Crippen molar-refractivity contribution in [3.8, 4) is 0 Å². The van der Waals surface area contributed by atoms with E-state index in [1.54, 1.807) is 23.3 Å². The molecule has 0 saturated carbocycles. The molecule has 2 N–H and O–H groups in total. The SMILES string of the molecule is CNC(=O)[C@@H]1Cc2ccccc2N1C(=O)NCc1cccs1. The number of likely N-dealkylation sites (N-methyl/N-ethyl adjacent to an activating group) is 1. The van der Waals surface area contributed by atoms with Crippen LogP contribution in [0.15, 0.2) is 41.8 Å². The van der Waals surface area contributed by atoms with Crippen LogP contribution in [0.5, 0.6) is 0 Å². The van der Waals surface area contributed by atoms with E-state index >= 15 is 0 Å². The van der Waals surface area contributed by atoms with Gasteiger partial charge in [-0.2, -0.15) is 0 Å². The van der Waals surface area contributed by atoms with Gasteiger partial charge < -0.3 is 10.6 Å². The van der Waals surface area contributed by atoms with Crippen LogP contribution in [0.1, 0.15) is 10.4 Å². The quantitative estimate of drug-likeness (QED) is 0.911. The minimum Gasteiger partial charge on any atom is -0.357 e. The summed E-state index contributed by atoms with van der Waals surface area (Å²) in [5.41, 5.74) is 1.82. The van der Waals surface area contributed by atoms with Gasteiger partial charge in [0.05, 0.1) is 6.54 Å². The van der Waals surface area contributed by atoms with E-state index < -0.39 is 6.04 Å². The van der Waals surface area contributed by atoms with Crippen LogP contribution >= 0.6 is 11.3 Å². The van der Waals surface area contributed by atoms with Crippen molar-refractivity contribution in [3.05, 3.63) is 52.2 Å². The maximum atomic E-state index is 12.6. The summed E-state index contributed by atoms with van der Waals surface area (Å²) in [7, 11) is 1.59. The fraction of sp³-hybridized carbons (Fsp3) is 0.250. The van der Waals surface area contributed by atoms with Gasteiger partial charge in [0.15, 0.2) is 0 Å². The van der Waals surface area contributed by atoms with E-state index in [0.29, 0.717) is 13.0 Å². The summed E-state index contributed by atoms with van der Waals surface area (Å²) in [6.45, 7) is 0.468. The summed E-state index contributed by atoms with van der Waals surface area (Å²) in [6, 6.07) is 10.8. The van der Waals surface area contributed by atoms with Crippen molar-refractivity contribution in [2.45, 2.75) is 19.0 Å². The second kappa shape index (κ2) is 6.19. The van der Waals surface area contributed by atoms with Gasteiger partial charge in [0.1, 0.15) is 6.04 Å². The minimum atomic E-state index is -0.495. The number of anilines is 1. The summed E-state index contributed by atoms with van der Waals surface area (Å²) in [6.07, 6.45) is 0.544. The van der Waals surface area contributed by atoms with Gasteiger partial charge in [0.25, 0.3) is 0 Å². The van der Waals surface area contributed by atoms with Crippen molar-refractivity contribution in [2.75, 3.05) is 11.9 Å². The van der Waals surface area contributed by atoms with Gasteiger partial charge >= 0.3 is 6.03 Å². The maximum Gasteiger partial charge on any atom is 0.322 e. The number of fused-ring (bicyclic) bond motifs is 1. The number of carbonyl (C=O) groups excluding carboxylic acids is 2. The molecule has 3 rings (SSSR count). The first-order valence-electron chi connectivity index (χ1n) is 7.09. The molecule has 1 aromatic heterocycles. The zero-order valence-electron chi connectivity index (χ0n) is 12.2. The Balaban J connectivity index is 1.81. The molecular weight excluding hydrogens is 298 g/mol. The topological polar surface area (TPSA) is 61.4 Å². The molecule has 1 aliphatic heterocycles. The van der Waals surface area contributed by atoms with Crippen molar-refractivity contribution < 1.29 is 9.59 Å². The lowest BCUT2D eigenvalue weighted by Crippen LogP contribution is -2.50. The Bertz CT molecular complexity index is 684. The first kappa shape index (κ1) is 14.6. The number of amides is 3. The predicted octanol–water partition coefficient (Wildman–Crippen LogP) is 2.13. The van der Waals surface area contributed by atoms with Gasteiger partial charge in [-0.1, -0.05) is 24.3 Å². The average molecular weight is 315 g/mol. The molecule has 0 unspecified atom stereocenters. The fourth-order valence-electron chi connectivity index (χ4n) is 2.67. The highest BCUT2D eigenvalue weighted by atomic mass is 32.1. The first-order chi connectivity index (χ1) is 10.7. The average Bonchev–Trinajstić information content (AvgIpc) is 3.18. The molecule has 3 amide bonds. The number of urea groups is 1. The number of para-hydroxylation sites is 1. The van der Waals surface area contributed by atoms with Crippen molar-refractivity contribution in [3.63, 3.8) is 0 Å². The van der Waals surface area contributed by atoms with E-state index in [1.807, 2.05) is 41.8 Å². The van der Waals surface area contributed by atoms with Crippen LogP contribution in [0.4, 0.5) is 10.5 Å². The monoisotopic (exact) mass is 315 g/mol. The Labute approximate surface area is 132 Å². The number of nitrogens with one attached hydrogen (secondary N) is 2. The standard InChI is InChI=1S/C16H17N3O2S/c1-17-15(20)14-9-11-5-2-3-7-13(11)19(14)16(21)18-10-12-6-4-8-22-12/h2-8,14H,9-10H2,1H3,(H,17,20)(H,18,21)/t14-/m0/s1. The van der Waals surface area contributed by atoms with E-state index in [0.717, 1.165) is 16.1 Å². The molecule has 0 fully saturated rings. The Morgan fingerprint density at radius 1 is 1.27 bits per heavy atom. The van der Waals surface area contributed by atoms with Crippen LogP contribution in [0.3, 0.4) is 0 Å². The van der Waals surface area contributed by atoms with Crippen molar-refractivity contribution >= 4 is 29.0 Å². The Kier molecular flexibility index (Phi) is 4.11. The lowest BCUT2D eigenvalue weighted by Gasteiger charge is -2.24. The van der Waals surface area contributed by atoms with Crippen LogP contribution in [0, 0.1) is 0 Å². The molecule has 1 atom stereocenters. The van der Waals surface area contributed by atoms with Gasteiger partial charge in [-0.3, -0.25) is 9.69 Å². The van der Waals surface area contributed by atoms with Crippen LogP contribution in [0.25, 0.3) is 0 Å². The smallest absolute Gasteiger partial charge is 0.322 e. The number of thiophene rings is 1. The number of benzene rings is 1. The van der Waals surface area contributed by atoms with E-state index in [2.05, 4.69) is 10.6 Å². The summed E-state index contributed by atoms with van der Waals surface area (Å²) in [5.74, 6) is -0.150. The lowest BCUT2D eigenvalue weighted by molar-refractivity contribution is -0.121. The minimum absolute atomic E-state index is 0.150. The molecule has 0 bridgehead atoms. The van der Waals surface area contributed by atoms with E-state index in [-0.39, 0.29) is 11.9 Å². The van der Waals surface area contributed by atoms with Crippen LogP contribution in [-0.2, 0) is 17.8 Å². The Hall–Kier alpha value is -2.34. The van der Waals surface area contributed by atoms with Crippen LogP contribution < -0.4 is 15.5 Å². The molecule has 1 aliphatic rings. The fourth-order valence-corrected chi connectivity index (χ4v) is 3.32. The summed E-state index contributed by atoms with van der Waals surface area (Å²) >= 11 is 1.59. The number of carbonyl (C=O) groups is 2. The highest BCUT2D eigenvalue weighted by Crippen LogP contribution is 2.32. The Morgan fingerprint density at radius 2 is 2.09 bits per heavy atom. The van der Waals surface area contributed by atoms with Gasteiger partial charge in [0, 0.05) is 24.0 Å². The second-order valence-corrected chi connectivity index (χ2v) is 6.10. The molecule has 6 heteroatoms. The molecule has 2 aromatic rings. The maximum absolute atomic E-state index is 12.6. The number of nitrogens with zero attached hydrogens (tertiary/aromatic N) is 1. The molecule has 22 heavy (non-hydrogen) atoms. The van der Waals surface area contributed by atoms with E-state index in [1.165, 1.54) is 0 Å². The van der Waals surface area contributed by atoms with Gasteiger partial charge in [-0.25, -0.2) is 4.79 Å². The van der Waals surface area contributed by atoms with Crippen molar-refractivity contribution in [2.24, 2.45) is 0 Å². The highest BCUT2D eigenvalue weighted by Gasteiger charge is 2.37. The molecule has 114 valence electrons. The summed E-state index contributed by atoms with van der Waals surface area (Å²) < 4.78 is 0. The molecule has 2 heterocycles. The van der Waals surface area contributed by atoms with Gasteiger partial charge in [0.2, 0.25) is 5.91 Å². The first-order valence-corrected chi connectivity index (χ1v) is 7.97. The largest absolute Gasteiger partial charge is 0.357 e. The molecule has 0 saturated heterocycles. The van der Waals surface area contributed by atoms with Crippen LogP contribution in [0.2, 0.25) is 0 Å². The van der Waals surface area contributed by atoms with E-state index in [4.69, 9.17) is 0 Å². The molecule has 0 aliphatic carbocycles. The third kappa shape index (κ3) is 2.69. The third-order valence-electron chi connectivity index (χ3n) is 3.74. The zero-order valence-corrected chi connectivity index (χ0v) is 13.0. The highest BCUT2D eigenvalue weighted by molar-refractivity contribution is 7.09. The molecule has 1 aromatic carbocycles.